The Morgan fingerprint density at radius 2 is 1.54 bits per heavy atom. The van der Waals surface area contributed by atoms with E-state index >= 15 is 0 Å². The molecule has 0 aliphatic rings. The Hall–Kier alpha value is -3.00. The van der Waals surface area contributed by atoms with Gasteiger partial charge in [0.05, 0.1) is 5.52 Å². The Morgan fingerprint density at radius 3 is 2.31 bits per heavy atom. The van der Waals surface area contributed by atoms with Crippen molar-refractivity contribution in [3.63, 3.8) is 0 Å². The molecule has 4 rings (SSSR count). The maximum absolute atomic E-state index is 10.2. The van der Waals surface area contributed by atoms with Crippen LogP contribution in [-0.2, 0) is 19.4 Å². The number of aryl methyl sites for hydroxylation is 1. The molecular formula is C24H23NO. The number of aromatic nitrogens is 1. The monoisotopic (exact) mass is 341 g/mol. The number of rotatable bonds is 5. The van der Waals surface area contributed by atoms with Crippen molar-refractivity contribution in [2.75, 3.05) is 0 Å². The van der Waals surface area contributed by atoms with E-state index in [0.29, 0.717) is 5.75 Å². The highest BCUT2D eigenvalue weighted by atomic mass is 16.3. The Kier molecular flexibility index (Phi) is 4.49. The van der Waals surface area contributed by atoms with Crippen LogP contribution in [0.25, 0.3) is 10.9 Å². The van der Waals surface area contributed by atoms with Crippen molar-refractivity contribution < 1.29 is 5.11 Å². The molecule has 3 aromatic carbocycles. The van der Waals surface area contributed by atoms with Gasteiger partial charge in [0, 0.05) is 17.6 Å². The standard InChI is InChI=1S/C24H23NO/c1-2-21-16-22-23(13-8-14-24(22)26)25(21)17-20-12-7-6-11-19(20)15-18-9-4-3-5-10-18/h3-14,16,26H,2,15,17H2,1H3. The number of hydrogen-bond acceptors (Lipinski definition) is 1. The van der Waals surface area contributed by atoms with Crippen LogP contribution in [0, 0.1) is 0 Å². The number of benzene rings is 3. The number of phenols is 1. The number of hydrogen-bond donors (Lipinski definition) is 1. The van der Waals surface area contributed by atoms with Crippen molar-refractivity contribution in [1.82, 2.24) is 4.57 Å². The van der Waals surface area contributed by atoms with E-state index < -0.39 is 0 Å². The van der Waals surface area contributed by atoms with Crippen LogP contribution in [0.3, 0.4) is 0 Å². The fraction of sp³-hybridized carbons (Fsp3) is 0.167. The summed E-state index contributed by atoms with van der Waals surface area (Å²) in [6.07, 6.45) is 1.87. The van der Waals surface area contributed by atoms with E-state index in [1.165, 1.54) is 22.4 Å². The minimum Gasteiger partial charge on any atom is -0.507 e. The van der Waals surface area contributed by atoms with Gasteiger partial charge >= 0.3 is 0 Å². The Labute approximate surface area is 154 Å². The molecule has 0 radical (unpaired) electrons. The number of nitrogens with zero attached hydrogens (tertiary/aromatic N) is 1. The number of fused-ring (bicyclic) bond motifs is 1. The first kappa shape index (κ1) is 16.5. The number of aromatic hydroxyl groups is 1. The summed E-state index contributed by atoms with van der Waals surface area (Å²) in [6, 6.07) is 27.1. The van der Waals surface area contributed by atoms with Gasteiger partial charge in [0.1, 0.15) is 5.75 Å². The molecule has 26 heavy (non-hydrogen) atoms. The van der Waals surface area contributed by atoms with Crippen LogP contribution in [0.15, 0.2) is 78.9 Å². The highest BCUT2D eigenvalue weighted by Gasteiger charge is 2.12. The minimum atomic E-state index is 0.355. The van der Waals surface area contributed by atoms with Crippen molar-refractivity contribution in [2.45, 2.75) is 26.3 Å². The molecule has 0 spiro atoms. The molecule has 1 heterocycles. The molecular weight excluding hydrogens is 318 g/mol. The molecule has 4 aromatic rings. The summed E-state index contributed by atoms with van der Waals surface area (Å²) >= 11 is 0. The molecule has 0 aliphatic carbocycles. The molecule has 2 heteroatoms. The smallest absolute Gasteiger partial charge is 0.124 e. The maximum atomic E-state index is 10.2. The number of phenolic OH excluding ortho intramolecular Hbond substituents is 1. The lowest BCUT2D eigenvalue weighted by atomic mass is 9.99. The zero-order valence-corrected chi connectivity index (χ0v) is 15.0. The second kappa shape index (κ2) is 7.09. The van der Waals surface area contributed by atoms with E-state index in [2.05, 4.69) is 78.2 Å². The van der Waals surface area contributed by atoms with Crippen LogP contribution >= 0.6 is 0 Å². The van der Waals surface area contributed by atoms with Crippen LogP contribution < -0.4 is 0 Å². The summed E-state index contributed by atoms with van der Waals surface area (Å²) in [5.74, 6) is 0.355. The van der Waals surface area contributed by atoms with Gasteiger partial charge < -0.3 is 9.67 Å². The zero-order valence-electron chi connectivity index (χ0n) is 15.0. The van der Waals surface area contributed by atoms with Crippen LogP contribution in [0.5, 0.6) is 5.75 Å². The van der Waals surface area contributed by atoms with E-state index in [9.17, 15) is 5.11 Å². The molecule has 0 atom stereocenters. The highest BCUT2D eigenvalue weighted by molar-refractivity contribution is 5.87. The molecule has 0 unspecified atom stereocenters. The van der Waals surface area contributed by atoms with E-state index in [1.54, 1.807) is 6.07 Å². The maximum Gasteiger partial charge on any atom is 0.124 e. The van der Waals surface area contributed by atoms with Crippen LogP contribution in [0.2, 0.25) is 0 Å². The Morgan fingerprint density at radius 1 is 0.808 bits per heavy atom. The SMILES string of the molecule is CCc1cc2c(O)cccc2n1Cc1ccccc1Cc1ccccc1. The van der Waals surface area contributed by atoms with Gasteiger partial charge in [-0.15, -0.1) is 0 Å². The normalized spacial score (nSPS) is 11.1. The van der Waals surface area contributed by atoms with E-state index in [1.807, 2.05) is 6.07 Å². The fourth-order valence-electron chi connectivity index (χ4n) is 3.67. The fourth-order valence-corrected chi connectivity index (χ4v) is 3.67. The zero-order chi connectivity index (χ0) is 17.9. The first-order valence-electron chi connectivity index (χ1n) is 9.17. The molecule has 0 amide bonds. The lowest BCUT2D eigenvalue weighted by Crippen LogP contribution is -2.06. The van der Waals surface area contributed by atoms with Gasteiger partial charge in [-0.3, -0.25) is 0 Å². The molecule has 0 saturated heterocycles. The van der Waals surface area contributed by atoms with Gasteiger partial charge in [-0.05, 0) is 47.7 Å². The van der Waals surface area contributed by atoms with Gasteiger partial charge in [-0.2, -0.15) is 0 Å². The van der Waals surface area contributed by atoms with Gasteiger partial charge in [0.25, 0.3) is 0 Å². The van der Waals surface area contributed by atoms with Gasteiger partial charge in [0.2, 0.25) is 0 Å². The minimum absolute atomic E-state index is 0.355. The van der Waals surface area contributed by atoms with Crippen molar-refractivity contribution in [1.29, 1.82) is 0 Å². The van der Waals surface area contributed by atoms with Gasteiger partial charge in [-0.25, -0.2) is 0 Å². The lowest BCUT2D eigenvalue weighted by Gasteiger charge is -2.14. The average Bonchev–Trinajstić information content (AvgIpc) is 3.03. The van der Waals surface area contributed by atoms with Crippen LogP contribution in [-0.4, -0.2) is 9.67 Å². The third-order valence-electron chi connectivity index (χ3n) is 5.06. The third kappa shape index (κ3) is 3.11. The van der Waals surface area contributed by atoms with E-state index in [0.717, 1.165) is 30.3 Å². The van der Waals surface area contributed by atoms with Crippen molar-refractivity contribution in [3.8, 4) is 5.75 Å². The first-order chi connectivity index (χ1) is 12.8. The first-order valence-corrected chi connectivity index (χ1v) is 9.17. The summed E-state index contributed by atoms with van der Waals surface area (Å²) in [6.45, 7) is 2.98. The summed E-state index contributed by atoms with van der Waals surface area (Å²) in [7, 11) is 0. The summed E-state index contributed by atoms with van der Waals surface area (Å²) in [4.78, 5) is 0. The molecule has 1 N–H and O–H groups in total. The summed E-state index contributed by atoms with van der Waals surface area (Å²) < 4.78 is 2.33. The van der Waals surface area contributed by atoms with Gasteiger partial charge in [-0.1, -0.05) is 67.6 Å². The topological polar surface area (TPSA) is 25.2 Å². The molecule has 0 fully saturated rings. The largest absolute Gasteiger partial charge is 0.507 e. The molecule has 0 aliphatic heterocycles. The Bertz CT molecular complexity index is 1030. The highest BCUT2D eigenvalue weighted by Crippen LogP contribution is 2.29. The average molecular weight is 341 g/mol. The quantitative estimate of drug-likeness (QED) is 0.506. The van der Waals surface area contributed by atoms with E-state index in [4.69, 9.17) is 0 Å². The van der Waals surface area contributed by atoms with Crippen molar-refractivity contribution in [3.05, 3.63) is 101 Å². The molecule has 1 aromatic heterocycles. The molecule has 130 valence electrons. The lowest BCUT2D eigenvalue weighted by molar-refractivity contribution is 0.481. The van der Waals surface area contributed by atoms with Crippen LogP contribution in [0.1, 0.15) is 29.3 Å². The van der Waals surface area contributed by atoms with Crippen molar-refractivity contribution in [2.24, 2.45) is 0 Å². The summed E-state index contributed by atoms with van der Waals surface area (Å²) in [5.41, 5.74) is 6.34. The van der Waals surface area contributed by atoms with E-state index in [-0.39, 0.29) is 0 Å². The molecule has 2 nitrogen and oxygen atoms in total. The molecule has 0 bridgehead atoms. The second-order valence-corrected chi connectivity index (χ2v) is 6.72. The van der Waals surface area contributed by atoms with Crippen molar-refractivity contribution >= 4 is 10.9 Å². The Balaban J connectivity index is 1.75. The third-order valence-corrected chi connectivity index (χ3v) is 5.06. The summed E-state index contributed by atoms with van der Waals surface area (Å²) in [5, 5.41) is 11.1. The van der Waals surface area contributed by atoms with Gasteiger partial charge in [0.15, 0.2) is 0 Å². The molecule has 0 saturated carbocycles. The second-order valence-electron chi connectivity index (χ2n) is 6.72. The predicted molar refractivity (Wildman–Crippen MR) is 108 cm³/mol. The predicted octanol–water partition coefficient (Wildman–Crippen LogP) is 5.55. The van der Waals surface area contributed by atoms with Crippen LogP contribution in [0.4, 0.5) is 0 Å².